The number of ether oxygens (including phenoxy) is 1. The number of non-ortho nitro benzene ring substituents is 1. The molecule has 0 saturated carbocycles. The van der Waals surface area contributed by atoms with Gasteiger partial charge in [0.2, 0.25) is 0 Å². The van der Waals surface area contributed by atoms with Crippen LogP contribution in [-0.4, -0.2) is 70.2 Å². The Hall–Kier alpha value is -2.52. The lowest BCUT2D eigenvalue weighted by molar-refractivity contribution is -0.384. The van der Waals surface area contributed by atoms with E-state index in [1.165, 1.54) is 29.2 Å². The van der Waals surface area contributed by atoms with Gasteiger partial charge in [0.05, 0.1) is 11.5 Å². The number of carboxylic acid groups (broad SMARTS) is 1. The van der Waals surface area contributed by atoms with E-state index in [0.29, 0.717) is 25.9 Å². The molecule has 1 spiro atoms. The van der Waals surface area contributed by atoms with Crippen LogP contribution < -0.4 is 0 Å². The van der Waals surface area contributed by atoms with Crippen molar-refractivity contribution >= 4 is 17.6 Å². The quantitative estimate of drug-likeness (QED) is 0.638. The maximum absolute atomic E-state index is 13.0. The fourth-order valence-electron chi connectivity index (χ4n) is 3.39. The van der Waals surface area contributed by atoms with Gasteiger partial charge >= 0.3 is 5.97 Å². The number of carboxylic acids is 1. The maximum atomic E-state index is 13.0. The van der Waals surface area contributed by atoms with Crippen LogP contribution in [0.5, 0.6) is 0 Å². The number of aliphatic carboxylic acids is 1. The van der Waals surface area contributed by atoms with E-state index in [1.807, 2.05) is 7.05 Å². The summed E-state index contributed by atoms with van der Waals surface area (Å²) in [5.74, 6) is -1.60. The number of piperidine rings is 1. The van der Waals surface area contributed by atoms with Crippen LogP contribution in [0.25, 0.3) is 0 Å². The second kappa shape index (κ2) is 6.41. The van der Waals surface area contributed by atoms with Crippen LogP contribution in [0.4, 0.5) is 5.69 Å². The van der Waals surface area contributed by atoms with Crippen LogP contribution >= 0.6 is 0 Å². The van der Waals surface area contributed by atoms with Crippen LogP contribution in [0, 0.1) is 10.1 Å². The van der Waals surface area contributed by atoms with E-state index in [2.05, 4.69) is 4.90 Å². The molecule has 1 unspecified atom stereocenters. The molecule has 2 saturated heterocycles. The molecule has 1 aromatic rings. The summed E-state index contributed by atoms with van der Waals surface area (Å²) in [4.78, 5) is 38.2. The highest BCUT2D eigenvalue weighted by molar-refractivity contribution is 5.97. The molecule has 25 heavy (non-hydrogen) atoms. The predicted octanol–water partition coefficient (Wildman–Crippen LogP) is 0.942. The van der Waals surface area contributed by atoms with Gasteiger partial charge in [-0.25, -0.2) is 4.79 Å². The molecule has 2 aliphatic heterocycles. The van der Waals surface area contributed by atoms with Crippen molar-refractivity contribution in [1.82, 2.24) is 9.80 Å². The number of benzene rings is 1. The average molecular weight is 349 g/mol. The lowest BCUT2D eigenvalue weighted by Gasteiger charge is -2.43. The number of nitro benzene ring substituents is 1. The van der Waals surface area contributed by atoms with Gasteiger partial charge in [0.25, 0.3) is 11.6 Å². The van der Waals surface area contributed by atoms with Crippen molar-refractivity contribution in [1.29, 1.82) is 0 Å². The molecule has 1 atom stereocenters. The van der Waals surface area contributed by atoms with Crippen molar-refractivity contribution in [2.75, 3.05) is 26.7 Å². The molecule has 0 bridgehead atoms. The van der Waals surface area contributed by atoms with E-state index in [4.69, 9.17) is 4.74 Å². The van der Waals surface area contributed by atoms with Crippen LogP contribution in [0.15, 0.2) is 24.3 Å². The summed E-state index contributed by atoms with van der Waals surface area (Å²) in [5, 5.41) is 20.2. The Kier molecular flexibility index (Phi) is 4.44. The number of nitrogens with zero attached hydrogens (tertiary/aromatic N) is 3. The number of carbonyl (C=O) groups is 2. The van der Waals surface area contributed by atoms with Crippen molar-refractivity contribution in [3.8, 4) is 0 Å². The molecule has 0 aliphatic carbocycles. The zero-order chi connectivity index (χ0) is 18.2. The largest absolute Gasteiger partial charge is 0.480 e. The molecular weight excluding hydrogens is 330 g/mol. The van der Waals surface area contributed by atoms with Gasteiger partial charge in [-0.3, -0.25) is 19.8 Å². The first-order valence-corrected chi connectivity index (χ1v) is 7.97. The van der Waals surface area contributed by atoms with Gasteiger partial charge in [0.1, 0.15) is 5.72 Å². The Labute approximate surface area is 143 Å². The molecule has 0 aromatic heterocycles. The fourth-order valence-corrected chi connectivity index (χ4v) is 3.39. The Morgan fingerprint density at radius 3 is 2.40 bits per heavy atom. The smallest absolute Gasteiger partial charge is 0.328 e. The average Bonchev–Trinajstić information content (AvgIpc) is 2.96. The maximum Gasteiger partial charge on any atom is 0.328 e. The molecule has 1 N–H and O–H groups in total. The van der Waals surface area contributed by atoms with Gasteiger partial charge < -0.3 is 14.7 Å². The summed E-state index contributed by atoms with van der Waals surface area (Å²) in [7, 11) is 1.96. The fraction of sp³-hybridized carbons (Fsp3) is 0.500. The van der Waals surface area contributed by atoms with Gasteiger partial charge in [-0.05, 0) is 19.2 Å². The summed E-state index contributed by atoms with van der Waals surface area (Å²) in [6, 6.07) is 4.11. The summed E-state index contributed by atoms with van der Waals surface area (Å²) >= 11 is 0. The number of likely N-dealkylation sites (tertiary alicyclic amines) is 1. The monoisotopic (exact) mass is 349 g/mol. The van der Waals surface area contributed by atoms with Crippen molar-refractivity contribution in [2.45, 2.75) is 24.6 Å². The first-order valence-electron chi connectivity index (χ1n) is 7.97. The number of carbonyl (C=O) groups excluding carboxylic acids is 1. The van der Waals surface area contributed by atoms with Crippen molar-refractivity contribution in [3.63, 3.8) is 0 Å². The van der Waals surface area contributed by atoms with E-state index in [1.54, 1.807) is 0 Å². The van der Waals surface area contributed by atoms with Crippen LogP contribution in [0.3, 0.4) is 0 Å². The normalized spacial score (nSPS) is 22.9. The zero-order valence-corrected chi connectivity index (χ0v) is 13.8. The Bertz CT molecular complexity index is 696. The molecule has 134 valence electrons. The Morgan fingerprint density at radius 2 is 1.88 bits per heavy atom. The molecule has 9 heteroatoms. The van der Waals surface area contributed by atoms with E-state index in [-0.39, 0.29) is 17.9 Å². The third-order valence-corrected chi connectivity index (χ3v) is 4.86. The lowest BCUT2D eigenvalue weighted by Crippen LogP contribution is -2.57. The highest BCUT2D eigenvalue weighted by Gasteiger charge is 2.53. The first kappa shape index (κ1) is 17.3. The van der Waals surface area contributed by atoms with Crippen LogP contribution in [0.2, 0.25) is 0 Å². The van der Waals surface area contributed by atoms with Gasteiger partial charge in [0, 0.05) is 43.6 Å². The van der Waals surface area contributed by atoms with Gasteiger partial charge in [-0.15, -0.1) is 0 Å². The topological polar surface area (TPSA) is 113 Å². The van der Waals surface area contributed by atoms with E-state index in [9.17, 15) is 24.8 Å². The van der Waals surface area contributed by atoms with Crippen molar-refractivity contribution < 1.29 is 24.4 Å². The highest BCUT2D eigenvalue weighted by atomic mass is 16.6. The van der Waals surface area contributed by atoms with E-state index in [0.717, 1.165) is 0 Å². The molecule has 3 rings (SSSR count). The predicted molar refractivity (Wildman–Crippen MR) is 86.1 cm³/mol. The number of hydrogen-bond acceptors (Lipinski definition) is 6. The minimum atomic E-state index is -1.12. The molecule has 1 aromatic carbocycles. The van der Waals surface area contributed by atoms with E-state index < -0.39 is 28.6 Å². The lowest BCUT2D eigenvalue weighted by atomic mass is 9.97. The Morgan fingerprint density at radius 1 is 1.28 bits per heavy atom. The van der Waals surface area contributed by atoms with Gasteiger partial charge in [0.15, 0.2) is 6.04 Å². The number of rotatable bonds is 3. The van der Waals surface area contributed by atoms with Crippen LogP contribution in [0.1, 0.15) is 23.2 Å². The molecule has 0 radical (unpaired) electrons. The summed E-state index contributed by atoms with van der Waals surface area (Å²) in [6.45, 7) is 1.32. The summed E-state index contributed by atoms with van der Waals surface area (Å²) in [6.07, 6.45) is 1.04. The minimum absolute atomic E-state index is 0.0578. The Balaban J connectivity index is 1.92. The molecule has 2 aliphatic rings. The molecule has 1 amide bonds. The first-order chi connectivity index (χ1) is 11.8. The third-order valence-electron chi connectivity index (χ3n) is 4.86. The molecule has 9 nitrogen and oxygen atoms in total. The number of amides is 1. The SMILES string of the molecule is CN1CCC2(CC1)OCC(C(=O)O)N2C(=O)c1ccc([N+](=O)[O-])cc1. The van der Waals surface area contributed by atoms with Crippen LogP contribution in [-0.2, 0) is 9.53 Å². The number of hydrogen-bond donors (Lipinski definition) is 1. The zero-order valence-electron chi connectivity index (χ0n) is 13.8. The third kappa shape index (κ3) is 3.08. The van der Waals surface area contributed by atoms with Crippen molar-refractivity contribution in [3.05, 3.63) is 39.9 Å². The summed E-state index contributed by atoms with van der Waals surface area (Å²) in [5.41, 5.74) is -0.854. The van der Waals surface area contributed by atoms with Gasteiger partial charge in [-0.2, -0.15) is 0 Å². The minimum Gasteiger partial charge on any atom is -0.480 e. The second-order valence-corrected chi connectivity index (χ2v) is 6.39. The second-order valence-electron chi connectivity index (χ2n) is 6.39. The standard InChI is InChI=1S/C16H19N3O6/c1-17-8-6-16(7-9-17)18(13(10-25-16)15(21)22)14(20)11-2-4-12(5-3-11)19(23)24/h2-5,13H,6-10H2,1H3,(H,21,22). The highest BCUT2D eigenvalue weighted by Crippen LogP contribution is 2.38. The number of nitro groups is 1. The molecular formula is C16H19N3O6. The van der Waals surface area contributed by atoms with E-state index >= 15 is 0 Å². The molecule has 2 fully saturated rings. The molecule has 2 heterocycles. The summed E-state index contributed by atoms with van der Waals surface area (Å²) < 4.78 is 5.81. The van der Waals surface area contributed by atoms with Gasteiger partial charge in [-0.1, -0.05) is 0 Å². The van der Waals surface area contributed by atoms with Crippen molar-refractivity contribution in [2.24, 2.45) is 0 Å².